The van der Waals surface area contributed by atoms with Gasteiger partial charge in [0.15, 0.2) is 5.03 Å². The van der Waals surface area contributed by atoms with E-state index in [2.05, 4.69) is 10.1 Å². The summed E-state index contributed by atoms with van der Waals surface area (Å²) >= 11 is 0. The van der Waals surface area contributed by atoms with Gasteiger partial charge in [0.2, 0.25) is 0 Å². The second kappa shape index (κ2) is 5.82. The van der Waals surface area contributed by atoms with E-state index in [0.717, 1.165) is 11.1 Å². The Hall–Kier alpha value is -2.31. The fourth-order valence-electron chi connectivity index (χ4n) is 2.39. The van der Waals surface area contributed by atoms with Gasteiger partial charge in [-0.25, -0.2) is 5.01 Å². The van der Waals surface area contributed by atoms with E-state index in [1.54, 1.807) is 29.3 Å². The molecular formula is C16H17N3O2S. The third kappa shape index (κ3) is 2.98. The fourth-order valence-corrected chi connectivity index (χ4v) is 3.72. The van der Waals surface area contributed by atoms with Crippen molar-refractivity contribution in [3.8, 4) is 0 Å². The Morgan fingerprint density at radius 3 is 2.23 bits per heavy atom. The molecule has 1 aliphatic heterocycles. The molecule has 22 heavy (non-hydrogen) atoms. The molecule has 0 bridgehead atoms. The summed E-state index contributed by atoms with van der Waals surface area (Å²) < 4.78 is 28.0. The van der Waals surface area contributed by atoms with E-state index in [1.807, 2.05) is 43.4 Å². The lowest BCUT2D eigenvalue weighted by molar-refractivity contribution is 0.329. The summed E-state index contributed by atoms with van der Waals surface area (Å²) in [5.74, 6) is 0. The molecule has 1 heterocycles. The molecule has 0 saturated heterocycles. The molecule has 0 unspecified atom stereocenters. The predicted molar refractivity (Wildman–Crippen MR) is 88.1 cm³/mol. The first-order chi connectivity index (χ1) is 10.6. The first-order valence-electron chi connectivity index (χ1n) is 6.90. The number of hydrogen-bond acceptors (Lipinski definition) is 4. The van der Waals surface area contributed by atoms with Gasteiger partial charge in [-0.1, -0.05) is 48.5 Å². The molecule has 0 atom stereocenters. The van der Waals surface area contributed by atoms with Crippen molar-refractivity contribution < 1.29 is 8.42 Å². The van der Waals surface area contributed by atoms with Gasteiger partial charge in [0.25, 0.3) is 10.0 Å². The topological polar surface area (TPSA) is 61.4 Å². The second-order valence-electron chi connectivity index (χ2n) is 5.11. The minimum Gasteiger partial charge on any atom is -0.307 e. The molecule has 2 N–H and O–H groups in total. The van der Waals surface area contributed by atoms with Crippen LogP contribution in [-0.2, 0) is 10.0 Å². The van der Waals surface area contributed by atoms with Crippen LogP contribution in [0.1, 0.15) is 5.56 Å². The summed E-state index contributed by atoms with van der Waals surface area (Å²) in [6, 6.07) is 18.4. The van der Waals surface area contributed by atoms with Crippen molar-refractivity contribution in [1.29, 1.82) is 0 Å². The highest BCUT2D eigenvalue weighted by Gasteiger charge is 2.29. The summed E-state index contributed by atoms with van der Waals surface area (Å²) in [5.41, 5.74) is 5.12. The largest absolute Gasteiger partial charge is 0.307 e. The van der Waals surface area contributed by atoms with Gasteiger partial charge in [0.1, 0.15) is 0 Å². The van der Waals surface area contributed by atoms with Crippen LogP contribution >= 0.6 is 0 Å². The first-order valence-corrected chi connectivity index (χ1v) is 8.39. The highest BCUT2D eigenvalue weighted by molar-refractivity contribution is 7.96. The van der Waals surface area contributed by atoms with Crippen molar-refractivity contribution in [2.24, 2.45) is 0 Å². The van der Waals surface area contributed by atoms with Gasteiger partial charge in [-0.05, 0) is 17.7 Å². The van der Waals surface area contributed by atoms with Crippen LogP contribution in [0, 0.1) is 0 Å². The van der Waals surface area contributed by atoms with Gasteiger partial charge < -0.3 is 5.43 Å². The number of sulfonamides is 1. The molecule has 0 aromatic heterocycles. The molecule has 0 fully saturated rings. The molecule has 2 aromatic rings. The van der Waals surface area contributed by atoms with Crippen LogP contribution in [-0.4, -0.2) is 27.0 Å². The van der Waals surface area contributed by atoms with Crippen LogP contribution in [0.5, 0.6) is 0 Å². The van der Waals surface area contributed by atoms with Gasteiger partial charge in [-0.3, -0.25) is 4.72 Å². The lowest BCUT2D eigenvalue weighted by Crippen LogP contribution is -2.32. The Labute approximate surface area is 130 Å². The average Bonchev–Trinajstić information content (AvgIpc) is 2.92. The Balaban J connectivity index is 2.00. The van der Waals surface area contributed by atoms with Crippen molar-refractivity contribution in [1.82, 2.24) is 10.4 Å². The van der Waals surface area contributed by atoms with Gasteiger partial charge in [-0.15, -0.1) is 0 Å². The van der Waals surface area contributed by atoms with E-state index in [-0.39, 0.29) is 5.03 Å². The Morgan fingerprint density at radius 1 is 1.00 bits per heavy atom. The van der Waals surface area contributed by atoms with E-state index in [0.29, 0.717) is 12.2 Å². The third-order valence-corrected chi connectivity index (χ3v) is 4.76. The average molecular weight is 315 g/mol. The van der Waals surface area contributed by atoms with Crippen molar-refractivity contribution in [3.63, 3.8) is 0 Å². The van der Waals surface area contributed by atoms with E-state index in [1.165, 1.54) is 0 Å². The van der Waals surface area contributed by atoms with Crippen molar-refractivity contribution in [3.05, 3.63) is 71.3 Å². The zero-order valence-corrected chi connectivity index (χ0v) is 13.0. The van der Waals surface area contributed by atoms with Crippen LogP contribution in [0.25, 0.3) is 5.57 Å². The smallest absolute Gasteiger partial charge is 0.278 e. The molecule has 5 nitrogen and oxygen atoms in total. The summed E-state index contributed by atoms with van der Waals surface area (Å²) in [4.78, 5) is 0. The molecule has 0 radical (unpaired) electrons. The SMILES string of the molecule is CN1CC(c2ccccc2)=C(S(=O)(=O)Nc2ccccc2)N1. The molecule has 6 heteroatoms. The molecule has 3 rings (SSSR count). The maximum absolute atomic E-state index is 12.7. The number of benzene rings is 2. The maximum Gasteiger partial charge on any atom is 0.278 e. The highest BCUT2D eigenvalue weighted by Crippen LogP contribution is 2.27. The Bertz CT molecular complexity index is 787. The summed E-state index contributed by atoms with van der Waals surface area (Å²) in [5, 5.41) is 1.95. The van der Waals surface area contributed by atoms with Crippen LogP contribution in [0.15, 0.2) is 65.7 Å². The molecule has 2 aromatic carbocycles. The number of nitrogens with one attached hydrogen (secondary N) is 2. The summed E-state index contributed by atoms with van der Waals surface area (Å²) in [7, 11) is -1.85. The third-order valence-electron chi connectivity index (χ3n) is 3.38. The highest BCUT2D eigenvalue weighted by atomic mass is 32.2. The Kier molecular flexibility index (Phi) is 3.87. The Morgan fingerprint density at radius 2 is 1.59 bits per heavy atom. The minimum absolute atomic E-state index is 0.199. The van der Waals surface area contributed by atoms with Crippen LogP contribution in [0.4, 0.5) is 5.69 Å². The molecule has 0 spiro atoms. The number of anilines is 1. The minimum atomic E-state index is -3.67. The van der Waals surface area contributed by atoms with E-state index in [9.17, 15) is 8.42 Å². The fraction of sp³-hybridized carbons (Fsp3) is 0.125. The summed E-state index contributed by atoms with van der Waals surface area (Å²) in [6.45, 7) is 0.523. The molecule has 0 aliphatic carbocycles. The monoisotopic (exact) mass is 315 g/mol. The molecule has 0 amide bonds. The number of para-hydroxylation sites is 1. The number of hydrogen-bond donors (Lipinski definition) is 2. The zero-order chi connectivity index (χ0) is 15.6. The van der Waals surface area contributed by atoms with Gasteiger partial charge in [0, 0.05) is 24.9 Å². The van der Waals surface area contributed by atoms with Crippen LogP contribution in [0.3, 0.4) is 0 Å². The van der Waals surface area contributed by atoms with Crippen molar-refractivity contribution >= 4 is 21.3 Å². The molecular weight excluding hydrogens is 298 g/mol. The maximum atomic E-state index is 12.7. The van der Waals surface area contributed by atoms with E-state index >= 15 is 0 Å². The molecule has 0 saturated carbocycles. The lowest BCUT2D eigenvalue weighted by Gasteiger charge is -2.13. The normalized spacial score (nSPS) is 15.7. The molecule has 1 aliphatic rings. The van der Waals surface area contributed by atoms with E-state index in [4.69, 9.17) is 0 Å². The predicted octanol–water partition coefficient (Wildman–Crippen LogP) is 2.25. The first kappa shape index (κ1) is 14.6. The lowest BCUT2D eigenvalue weighted by atomic mass is 10.1. The standard InChI is InChI=1S/C16H17N3O2S/c1-19-12-15(13-8-4-2-5-9-13)16(17-19)22(20,21)18-14-10-6-3-7-11-14/h2-11,17-18H,12H2,1H3. The van der Waals surface area contributed by atoms with Crippen molar-refractivity contribution in [2.75, 3.05) is 18.3 Å². The van der Waals surface area contributed by atoms with Gasteiger partial charge in [0.05, 0.1) is 0 Å². The number of likely N-dealkylation sites (N-methyl/N-ethyl adjacent to an activating group) is 1. The van der Waals surface area contributed by atoms with Crippen molar-refractivity contribution in [2.45, 2.75) is 0 Å². The summed E-state index contributed by atoms with van der Waals surface area (Å²) in [6.07, 6.45) is 0. The van der Waals surface area contributed by atoms with Gasteiger partial charge in [-0.2, -0.15) is 8.42 Å². The number of hydrazine groups is 1. The second-order valence-corrected chi connectivity index (χ2v) is 6.73. The van der Waals surface area contributed by atoms with E-state index < -0.39 is 10.0 Å². The van der Waals surface area contributed by atoms with Gasteiger partial charge >= 0.3 is 0 Å². The van der Waals surface area contributed by atoms with Crippen LogP contribution in [0.2, 0.25) is 0 Å². The number of rotatable bonds is 4. The zero-order valence-electron chi connectivity index (χ0n) is 12.2. The number of nitrogens with zero attached hydrogens (tertiary/aromatic N) is 1. The quantitative estimate of drug-likeness (QED) is 0.908. The molecule has 114 valence electrons. The van der Waals surface area contributed by atoms with Crippen LogP contribution < -0.4 is 10.1 Å².